The van der Waals surface area contributed by atoms with Crippen molar-refractivity contribution in [3.8, 4) is 22.8 Å². The minimum absolute atomic E-state index is 0.303. The van der Waals surface area contributed by atoms with E-state index in [2.05, 4.69) is 43.7 Å². The van der Waals surface area contributed by atoms with E-state index in [4.69, 9.17) is 12.2 Å². The number of nitrogens with zero attached hydrogens (tertiary/aromatic N) is 4. The third-order valence-corrected chi connectivity index (χ3v) is 6.01. The average Bonchev–Trinajstić information content (AvgIpc) is 3.47. The zero-order valence-corrected chi connectivity index (χ0v) is 19.9. The van der Waals surface area contributed by atoms with E-state index in [9.17, 15) is 13.2 Å². The molecule has 2 aromatic heterocycles. The molecule has 0 spiro atoms. The highest BCUT2D eigenvalue weighted by Crippen LogP contribution is 2.24. The Kier molecular flexibility index (Phi) is 7.42. The Morgan fingerprint density at radius 2 is 1.89 bits per heavy atom. The standard InChI is InChI=1S/C23H19F3N6OS2/c1-15-10-11-35-20(15)13-27-22(34)30-29-12-16-2-4-17(5-3-16)21-28-14-32(31-21)18-6-8-19(9-7-18)33-23(24,25)26/h2-12,14H,13H2,1H3,(H2,27,30,34)/b29-12+. The van der Waals surface area contributed by atoms with Crippen LogP contribution >= 0.6 is 23.6 Å². The monoisotopic (exact) mass is 516 g/mol. The lowest BCUT2D eigenvalue weighted by Gasteiger charge is -2.09. The minimum Gasteiger partial charge on any atom is -0.406 e. The van der Waals surface area contributed by atoms with Crippen LogP contribution in [0.5, 0.6) is 5.75 Å². The van der Waals surface area contributed by atoms with Gasteiger partial charge in [0.25, 0.3) is 0 Å². The number of alkyl halides is 3. The van der Waals surface area contributed by atoms with E-state index in [1.165, 1.54) is 45.7 Å². The molecule has 0 bridgehead atoms. The van der Waals surface area contributed by atoms with Crippen LogP contribution in [0, 0.1) is 6.92 Å². The van der Waals surface area contributed by atoms with Crippen molar-refractivity contribution in [2.24, 2.45) is 5.10 Å². The average molecular weight is 517 g/mol. The second-order valence-corrected chi connectivity index (χ2v) is 8.66. The molecule has 7 nitrogen and oxygen atoms in total. The molecule has 2 heterocycles. The number of thiophene rings is 1. The van der Waals surface area contributed by atoms with Crippen molar-refractivity contribution >= 4 is 34.9 Å². The summed E-state index contributed by atoms with van der Waals surface area (Å²) in [5, 5.41) is 14.1. The Hall–Kier alpha value is -3.77. The van der Waals surface area contributed by atoms with E-state index in [0.29, 0.717) is 23.2 Å². The van der Waals surface area contributed by atoms with E-state index in [1.807, 2.05) is 29.6 Å². The summed E-state index contributed by atoms with van der Waals surface area (Å²) in [6.07, 6.45) is -1.61. The Balaban J connectivity index is 1.32. The van der Waals surface area contributed by atoms with Gasteiger partial charge < -0.3 is 10.1 Å². The van der Waals surface area contributed by atoms with E-state index >= 15 is 0 Å². The van der Waals surface area contributed by atoms with Crippen LogP contribution in [0.2, 0.25) is 0 Å². The zero-order chi connectivity index (χ0) is 24.8. The SMILES string of the molecule is Cc1ccsc1CNC(=S)N/N=C/c1ccc(-c2ncn(-c3ccc(OC(F)(F)F)cc3)n2)cc1. The minimum atomic E-state index is -4.74. The number of aromatic nitrogens is 3. The smallest absolute Gasteiger partial charge is 0.406 e. The van der Waals surface area contributed by atoms with Gasteiger partial charge in [0.15, 0.2) is 10.9 Å². The topological polar surface area (TPSA) is 76.4 Å². The third kappa shape index (κ3) is 6.87. The largest absolute Gasteiger partial charge is 0.573 e. The van der Waals surface area contributed by atoms with E-state index < -0.39 is 6.36 Å². The lowest BCUT2D eigenvalue weighted by molar-refractivity contribution is -0.274. The summed E-state index contributed by atoms with van der Waals surface area (Å²) in [5.74, 6) is 0.166. The van der Waals surface area contributed by atoms with Gasteiger partial charge in [0.2, 0.25) is 0 Å². The van der Waals surface area contributed by atoms with Crippen LogP contribution in [0.15, 0.2) is 71.4 Å². The maximum atomic E-state index is 12.3. The summed E-state index contributed by atoms with van der Waals surface area (Å²) in [4.78, 5) is 5.50. The molecule has 0 atom stereocenters. The van der Waals surface area contributed by atoms with E-state index in [1.54, 1.807) is 17.6 Å². The highest BCUT2D eigenvalue weighted by Gasteiger charge is 2.31. The molecular formula is C23H19F3N6OS2. The molecule has 12 heteroatoms. The Morgan fingerprint density at radius 1 is 1.14 bits per heavy atom. The maximum Gasteiger partial charge on any atom is 0.573 e. The first kappa shape index (κ1) is 24.4. The van der Waals surface area contributed by atoms with Gasteiger partial charge in [-0.15, -0.1) is 29.6 Å². The summed E-state index contributed by atoms with van der Waals surface area (Å²) >= 11 is 6.91. The summed E-state index contributed by atoms with van der Waals surface area (Å²) in [6.45, 7) is 2.70. The Bertz CT molecular complexity index is 1310. The number of thiocarbonyl (C=S) groups is 1. The Morgan fingerprint density at radius 3 is 2.54 bits per heavy atom. The molecule has 4 rings (SSSR count). The predicted octanol–water partition coefficient (Wildman–Crippen LogP) is 5.20. The molecule has 0 aliphatic heterocycles. The first-order valence-corrected chi connectivity index (χ1v) is 11.5. The van der Waals surface area contributed by atoms with Crippen molar-refractivity contribution in [1.29, 1.82) is 0 Å². The third-order valence-electron chi connectivity index (χ3n) is 4.75. The molecule has 35 heavy (non-hydrogen) atoms. The molecule has 0 saturated carbocycles. The van der Waals surface area contributed by atoms with Gasteiger partial charge in [0.1, 0.15) is 12.1 Å². The fraction of sp³-hybridized carbons (Fsp3) is 0.130. The molecule has 0 amide bonds. The molecule has 0 radical (unpaired) electrons. The summed E-state index contributed by atoms with van der Waals surface area (Å²) < 4.78 is 42.3. The Labute approximate surface area is 208 Å². The number of hydrazone groups is 1. The van der Waals surface area contributed by atoms with Gasteiger partial charge >= 0.3 is 6.36 Å². The molecule has 0 aliphatic rings. The first-order chi connectivity index (χ1) is 16.8. The van der Waals surface area contributed by atoms with Crippen LogP contribution < -0.4 is 15.5 Å². The number of benzene rings is 2. The molecule has 2 N–H and O–H groups in total. The number of rotatable bonds is 7. The van der Waals surface area contributed by atoms with Crippen LogP contribution in [-0.2, 0) is 6.54 Å². The van der Waals surface area contributed by atoms with Gasteiger partial charge in [-0.1, -0.05) is 24.3 Å². The van der Waals surface area contributed by atoms with Crippen LogP contribution in [0.3, 0.4) is 0 Å². The van der Waals surface area contributed by atoms with Gasteiger partial charge in [0, 0.05) is 10.4 Å². The highest BCUT2D eigenvalue weighted by molar-refractivity contribution is 7.80. The van der Waals surface area contributed by atoms with Gasteiger partial charge in [-0.3, -0.25) is 5.43 Å². The van der Waals surface area contributed by atoms with Crippen LogP contribution in [0.4, 0.5) is 13.2 Å². The number of aryl methyl sites for hydroxylation is 1. The van der Waals surface area contributed by atoms with Crippen LogP contribution in [0.1, 0.15) is 16.0 Å². The first-order valence-electron chi connectivity index (χ1n) is 10.2. The van der Waals surface area contributed by atoms with E-state index in [0.717, 1.165) is 11.1 Å². The molecule has 2 aromatic carbocycles. The number of hydrogen-bond acceptors (Lipinski definition) is 6. The maximum absolute atomic E-state index is 12.3. The number of nitrogens with one attached hydrogen (secondary N) is 2. The zero-order valence-electron chi connectivity index (χ0n) is 18.3. The van der Waals surface area contributed by atoms with Crippen molar-refractivity contribution in [3.05, 3.63) is 82.3 Å². The molecule has 0 fully saturated rings. The van der Waals surface area contributed by atoms with E-state index in [-0.39, 0.29) is 5.75 Å². The van der Waals surface area contributed by atoms with Crippen LogP contribution in [-0.4, -0.2) is 32.5 Å². The molecule has 0 unspecified atom stereocenters. The molecule has 0 saturated heterocycles. The highest BCUT2D eigenvalue weighted by atomic mass is 32.1. The van der Waals surface area contributed by atoms with Gasteiger partial charge in [-0.2, -0.15) is 5.10 Å². The molecule has 4 aromatic rings. The molecule has 180 valence electrons. The van der Waals surface area contributed by atoms with Crippen molar-refractivity contribution in [3.63, 3.8) is 0 Å². The lowest BCUT2D eigenvalue weighted by Crippen LogP contribution is -2.31. The quantitative estimate of drug-likeness (QED) is 0.200. The summed E-state index contributed by atoms with van der Waals surface area (Å²) in [5.41, 5.74) is 6.18. The second kappa shape index (κ2) is 10.7. The predicted molar refractivity (Wildman–Crippen MR) is 133 cm³/mol. The molecular weight excluding hydrogens is 497 g/mol. The van der Waals surface area contributed by atoms with Crippen molar-refractivity contribution in [1.82, 2.24) is 25.5 Å². The second-order valence-electron chi connectivity index (χ2n) is 7.26. The number of ether oxygens (including phenoxy) is 1. The van der Waals surface area contributed by atoms with Crippen molar-refractivity contribution in [2.75, 3.05) is 0 Å². The van der Waals surface area contributed by atoms with Gasteiger partial charge in [0.05, 0.1) is 18.4 Å². The summed E-state index contributed by atoms with van der Waals surface area (Å²) in [6, 6.07) is 14.8. The van der Waals surface area contributed by atoms with Crippen LogP contribution in [0.25, 0.3) is 17.1 Å². The normalized spacial score (nSPS) is 11.5. The van der Waals surface area contributed by atoms with Crippen molar-refractivity contribution < 1.29 is 17.9 Å². The fourth-order valence-corrected chi connectivity index (χ4v) is 3.96. The number of halogens is 3. The number of hydrogen-bond donors (Lipinski definition) is 2. The lowest BCUT2D eigenvalue weighted by atomic mass is 10.1. The van der Waals surface area contributed by atoms with Gasteiger partial charge in [-0.05, 0) is 66.0 Å². The fourth-order valence-electron chi connectivity index (χ4n) is 2.99. The molecule has 0 aliphatic carbocycles. The van der Waals surface area contributed by atoms with Gasteiger partial charge in [-0.25, -0.2) is 9.67 Å². The summed E-state index contributed by atoms with van der Waals surface area (Å²) in [7, 11) is 0. The van der Waals surface area contributed by atoms with Crippen molar-refractivity contribution in [2.45, 2.75) is 19.8 Å².